The molecule has 0 radical (unpaired) electrons. The van der Waals surface area contributed by atoms with Gasteiger partial charge < -0.3 is 10.1 Å². The van der Waals surface area contributed by atoms with E-state index >= 15 is 0 Å². The van der Waals surface area contributed by atoms with Crippen LogP contribution < -0.4 is 10.1 Å². The van der Waals surface area contributed by atoms with Crippen molar-refractivity contribution in [2.24, 2.45) is 11.8 Å². The number of methoxy groups -OCH3 is 1. The van der Waals surface area contributed by atoms with Crippen LogP contribution in [0.15, 0.2) is 12.1 Å². The van der Waals surface area contributed by atoms with Crippen molar-refractivity contribution >= 4 is 0 Å². The van der Waals surface area contributed by atoms with Gasteiger partial charge in [0.2, 0.25) is 0 Å². The second kappa shape index (κ2) is 7.07. The SMILES string of the molecule is COc1cc(C)nc(CNC2CCCCC2C(C)C)c1. The predicted octanol–water partition coefficient (Wildman–Crippen LogP) is 3.70. The van der Waals surface area contributed by atoms with Crippen LogP contribution in [0.25, 0.3) is 0 Å². The van der Waals surface area contributed by atoms with Crippen LogP contribution in [0, 0.1) is 18.8 Å². The van der Waals surface area contributed by atoms with Crippen molar-refractivity contribution in [1.29, 1.82) is 0 Å². The van der Waals surface area contributed by atoms with Gasteiger partial charge in [0.15, 0.2) is 0 Å². The van der Waals surface area contributed by atoms with Crippen molar-refractivity contribution in [2.45, 2.75) is 59.0 Å². The van der Waals surface area contributed by atoms with Gasteiger partial charge in [-0.2, -0.15) is 0 Å². The van der Waals surface area contributed by atoms with E-state index in [1.807, 2.05) is 19.1 Å². The minimum Gasteiger partial charge on any atom is -0.497 e. The van der Waals surface area contributed by atoms with Crippen LogP contribution in [-0.4, -0.2) is 18.1 Å². The Morgan fingerprint density at radius 3 is 2.75 bits per heavy atom. The molecular formula is C17H28N2O. The fourth-order valence-corrected chi connectivity index (χ4v) is 3.36. The summed E-state index contributed by atoms with van der Waals surface area (Å²) >= 11 is 0. The van der Waals surface area contributed by atoms with Crippen molar-refractivity contribution in [3.05, 3.63) is 23.5 Å². The van der Waals surface area contributed by atoms with E-state index < -0.39 is 0 Å². The molecule has 1 saturated carbocycles. The van der Waals surface area contributed by atoms with Gasteiger partial charge in [-0.15, -0.1) is 0 Å². The number of hydrogen-bond acceptors (Lipinski definition) is 3. The van der Waals surface area contributed by atoms with Crippen molar-refractivity contribution in [3.8, 4) is 5.75 Å². The molecule has 1 fully saturated rings. The fourth-order valence-electron chi connectivity index (χ4n) is 3.36. The topological polar surface area (TPSA) is 34.1 Å². The Bertz CT molecular complexity index is 431. The van der Waals surface area contributed by atoms with Crippen LogP contribution in [0.4, 0.5) is 0 Å². The van der Waals surface area contributed by atoms with Gasteiger partial charge in [0.25, 0.3) is 0 Å². The van der Waals surface area contributed by atoms with E-state index in [9.17, 15) is 0 Å². The summed E-state index contributed by atoms with van der Waals surface area (Å²) < 4.78 is 5.32. The monoisotopic (exact) mass is 276 g/mol. The zero-order valence-electron chi connectivity index (χ0n) is 13.3. The highest BCUT2D eigenvalue weighted by Gasteiger charge is 2.26. The van der Waals surface area contributed by atoms with Gasteiger partial charge in [0.1, 0.15) is 5.75 Å². The molecule has 2 atom stereocenters. The molecule has 112 valence electrons. The van der Waals surface area contributed by atoms with Crippen LogP contribution in [0.2, 0.25) is 0 Å². The third kappa shape index (κ3) is 3.95. The highest BCUT2D eigenvalue weighted by atomic mass is 16.5. The number of hydrogen-bond donors (Lipinski definition) is 1. The van der Waals surface area contributed by atoms with Crippen molar-refractivity contribution < 1.29 is 4.74 Å². The number of rotatable bonds is 5. The van der Waals surface area contributed by atoms with Gasteiger partial charge >= 0.3 is 0 Å². The Labute approximate surface area is 123 Å². The first kappa shape index (κ1) is 15.3. The standard InChI is InChI=1S/C17H28N2O/c1-12(2)16-7-5-6-8-17(16)18-11-14-10-15(20-4)9-13(3)19-14/h9-10,12,16-18H,5-8,11H2,1-4H3. The molecule has 0 saturated heterocycles. The minimum atomic E-state index is 0.636. The van der Waals surface area contributed by atoms with Crippen LogP contribution >= 0.6 is 0 Å². The van der Waals surface area contributed by atoms with E-state index in [-0.39, 0.29) is 0 Å². The normalized spacial score (nSPS) is 23.1. The molecule has 0 spiro atoms. The quantitative estimate of drug-likeness (QED) is 0.890. The van der Waals surface area contributed by atoms with E-state index in [1.165, 1.54) is 25.7 Å². The summed E-state index contributed by atoms with van der Waals surface area (Å²) in [7, 11) is 1.71. The minimum absolute atomic E-state index is 0.636. The van der Waals surface area contributed by atoms with Crippen molar-refractivity contribution in [3.63, 3.8) is 0 Å². The summed E-state index contributed by atoms with van der Waals surface area (Å²) in [4.78, 5) is 4.59. The van der Waals surface area contributed by atoms with Gasteiger partial charge in [-0.3, -0.25) is 4.98 Å². The molecule has 3 nitrogen and oxygen atoms in total. The van der Waals surface area contributed by atoms with Crippen LogP contribution in [0.5, 0.6) is 5.75 Å². The number of aromatic nitrogens is 1. The van der Waals surface area contributed by atoms with E-state index in [2.05, 4.69) is 24.1 Å². The van der Waals surface area contributed by atoms with E-state index in [0.29, 0.717) is 6.04 Å². The fraction of sp³-hybridized carbons (Fsp3) is 0.706. The second-order valence-corrected chi connectivity index (χ2v) is 6.32. The number of nitrogens with zero attached hydrogens (tertiary/aromatic N) is 1. The smallest absolute Gasteiger partial charge is 0.122 e. The molecule has 1 heterocycles. The Morgan fingerprint density at radius 1 is 1.30 bits per heavy atom. The van der Waals surface area contributed by atoms with E-state index in [0.717, 1.165) is 35.5 Å². The first-order valence-corrected chi connectivity index (χ1v) is 7.85. The summed E-state index contributed by atoms with van der Waals surface area (Å²) in [6.45, 7) is 7.55. The molecule has 2 rings (SSSR count). The second-order valence-electron chi connectivity index (χ2n) is 6.32. The summed E-state index contributed by atoms with van der Waals surface area (Å²) in [5, 5.41) is 3.73. The van der Waals surface area contributed by atoms with Gasteiger partial charge in [-0.1, -0.05) is 26.7 Å². The summed E-state index contributed by atoms with van der Waals surface area (Å²) in [5.41, 5.74) is 2.10. The zero-order valence-corrected chi connectivity index (χ0v) is 13.3. The third-order valence-corrected chi connectivity index (χ3v) is 4.44. The maximum Gasteiger partial charge on any atom is 0.122 e. The Morgan fingerprint density at radius 2 is 2.05 bits per heavy atom. The Hall–Kier alpha value is -1.09. The summed E-state index contributed by atoms with van der Waals surface area (Å²) in [5.74, 6) is 2.46. The Balaban J connectivity index is 1.98. The van der Waals surface area contributed by atoms with Gasteiger partial charge in [-0.25, -0.2) is 0 Å². The van der Waals surface area contributed by atoms with Gasteiger partial charge in [0.05, 0.1) is 12.8 Å². The molecule has 0 amide bonds. The average molecular weight is 276 g/mol. The molecule has 0 bridgehead atoms. The molecule has 2 unspecified atom stereocenters. The van der Waals surface area contributed by atoms with Crippen LogP contribution in [0.1, 0.15) is 50.9 Å². The van der Waals surface area contributed by atoms with Gasteiger partial charge in [0, 0.05) is 30.4 Å². The molecular weight excluding hydrogens is 248 g/mol. The molecule has 1 aromatic heterocycles. The largest absolute Gasteiger partial charge is 0.497 e. The lowest BCUT2D eigenvalue weighted by atomic mass is 9.78. The van der Waals surface area contributed by atoms with Gasteiger partial charge in [-0.05, 0) is 31.6 Å². The first-order valence-electron chi connectivity index (χ1n) is 7.85. The predicted molar refractivity (Wildman–Crippen MR) is 82.9 cm³/mol. The number of aryl methyl sites for hydroxylation is 1. The zero-order chi connectivity index (χ0) is 14.5. The van der Waals surface area contributed by atoms with E-state index in [1.54, 1.807) is 7.11 Å². The average Bonchev–Trinajstić information content (AvgIpc) is 2.44. The summed E-state index contributed by atoms with van der Waals surface area (Å²) in [6, 6.07) is 4.64. The lowest BCUT2D eigenvalue weighted by molar-refractivity contribution is 0.204. The molecule has 0 aromatic carbocycles. The van der Waals surface area contributed by atoms with Crippen molar-refractivity contribution in [1.82, 2.24) is 10.3 Å². The number of ether oxygens (including phenoxy) is 1. The molecule has 1 aromatic rings. The lowest BCUT2D eigenvalue weighted by Gasteiger charge is -2.35. The third-order valence-electron chi connectivity index (χ3n) is 4.44. The lowest BCUT2D eigenvalue weighted by Crippen LogP contribution is -2.40. The first-order chi connectivity index (χ1) is 9.60. The van der Waals surface area contributed by atoms with Crippen molar-refractivity contribution in [2.75, 3.05) is 7.11 Å². The van der Waals surface area contributed by atoms with Crippen LogP contribution in [0.3, 0.4) is 0 Å². The maximum absolute atomic E-state index is 5.32. The highest BCUT2D eigenvalue weighted by molar-refractivity contribution is 5.26. The highest BCUT2D eigenvalue weighted by Crippen LogP contribution is 2.30. The molecule has 0 aliphatic heterocycles. The molecule has 1 aliphatic carbocycles. The molecule has 1 N–H and O–H groups in total. The summed E-state index contributed by atoms with van der Waals surface area (Å²) in [6.07, 6.45) is 5.40. The number of nitrogens with one attached hydrogen (secondary N) is 1. The van der Waals surface area contributed by atoms with E-state index in [4.69, 9.17) is 4.74 Å². The molecule has 3 heteroatoms. The maximum atomic E-state index is 5.32. The molecule has 1 aliphatic rings. The Kier molecular flexibility index (Phi) is 5.41. The number of pyridine rings is 1. The molecule has 20 heavy (non-hydrogen) atoms. The van der Waals surface area contributed by atoms with Crippen LogP contribution in [-0.2, 0) is 6.54 Å².